The second kappa shape index (κ2) is 10.9. The lowest BCUT2D eigenvalue weighted by Gasteiger charge is -2.37. The van der Waals surface area contributed by atoms with Crippen molar-refractivity contribution in [3.05, 3.63) is 91.9 Å². The van der Waals surface area contributed by atoms with Gasteiger partial charge in [0.1, 0.15) is 11.5 Å². The Kier molecular flexibility index (Phi) is 7.95. The van der Waals surface area contributed by atoms with E-state index in [0.29, 0.717) is 5.02 Å². The molecular formula is C24H23ClN4O7. The summed E-state index contributed by atoms with van der Waals surface area (Å²) in [4.78, 5) is 51.3. The summed E-state index contributed by atoms with van der Waals surface area (Å²) in [6, 6.07) is 11.3. The van der Waals surface area contributed by atoms with E-state index in [2.05, 4.69) is 0 Å². The van der Waals surface area contributed by atoms with E-state index in [1.54, 1.807) is 13.8 Å². The summed E-state index contributed by atoms with van der Waals surface area (Å²) in [5.41, 5.74) is 11.3. The van der Waals surface area contributed by atoms with Crippen LogP contribution < -0.4 is 16.4 Å². The highest BCUT2D eigenvalue weighted by atomic mass is 35.5. The predicted octanol–water partition coefficient (Wildman–Crippen LogP) is 2.89. The first-order valence-corrected chi connectivity index (χ1v) is 11.2. The van der Waals surface area contributed by atoms with Gasteiger partial charge >= 0.3 is 11.9 Å². The zero-order valence-corrected chi connectivity index (χ0v) is 20.2. The van der Waals surface area contributed by atoms with Gasteiger partial charge in [0.2, 0.25) is 5.91 Å². The Bertz CT molecular complexity index is 1290. The van der Waals surface area contributed by atoms with Crippen molar-refractivity contribution >= 4 is 40.8 Å². The minimum Gasteiger partial charge on any atom is -0.463 e. The number of hydrogen-bond acceptors (Lipinski definition) is 9. The Labute approximate surface area is 211 Å². The largest absolute Gasteiger partial charge is 0.463 e. The SMILES string of the molecule is CCOC(=O)C1=C(C(=O)OCC)N(c2ccc(Cl)cc2)C(N)=C(C(N)=O)C1c1cccc([N+](=O)[O-])c1. The number of halogens is 1. The van der Waals surface area contributed by atoms with Gasteiger partial charge in [0, 0.05) is 22.8 Å². The monoisotopic (exact) mass is 514 g/mol. The summed E-state index contributed by atoms with van der Waals surface area (Å²) in [5, 5.41) is 11.8. The lowest BCUT2D eigenvalue weighted by molar-refractivity contribution is -0.384. The van der Waals surface area contributed by atoms with Gasteiger partial charge in [0.15, 0.2) is 0 Å². The number of rotatable bonds is 8. The van der Waals surface area contributed by atoms with Crippen molar-refractivity contribution < 1.29 is 28.8 Å². The molecule has 11 nitrogen and oxygen atoms in total. The van der Waals surface area contributed by atoms with Crippen molar-refractivity contribution in [3.8, 4) is 0 Å². The number of anilines is 1. The third-order valence-corrected chi connectivity index (χ3v) is 5.55. The van der Waals surface area contributed by atoms with Crippen molar-refractivity contribution in [1.82, 2.24) is 0 Å². The number of nitrogens with two attached hydrogens (primary N) is 2. The van der Waals surface area contributed by atoms with Crippen LogP contribution in [0.25, 0.3) is 0 Å². The number of primary amides is 1. The van der Waals surface area contributed by atoms with Crippen molar-refractivity contribution in [2.45, 2.75) is 19.8 Å². The van der Waals surface area contributed by atoms with Gasteiger partial charge in [-0.15, -0.1) is 0 Å². The molecule has 12 heteroatoms. The van der Waals surface area contributed by atoms with E-state index in [1.165, 1.54) is 48.5 Å². The third-order valence-electron chi connectivity index (χ3n) is 5.30. The van der Waals surface area contributed by atoms with E-state index in [4.69, 9.17) is 32.5 Å². The van der Waals surface area contributed by atoms with Gasteiger partial charge in [-0.05, 0) is 43.7 Å². The van der Waals surface area contributed by atoms with E-state index in [0.717, 1.165) is 4.90 Å². The van der Waals surface area contributed by atoms with Crippen LogP contribution in [0.5, 0.6) is 0 Å². The number of carbonyl (C=O) groups excluding carboxylic acids is 3. The molecule has 3 rings (SSSR count). The molecule has 2 aromatic rings. The van der Waals surface area contributed by atoms with Gasteiger partial charge in [0.25, 0.3) is 5.69 Å². The number of nitrogens with zero attached hydrogens (tertiary/aromatic N) is 2. The van der Waals surface area contributed by atoms with Gasteiger partial charge in [-0.1, -0.05) is 23.7 Å². The Balaban J connectivity index is 2.45. The van der Waals surface area contributed by atoms with E-state index in [9.17, 15) is 24.5 Å². The number of carbonyl (C=O) groups is 3. The van der Waals surface area contributed by atoms with Gasteiger partial charge < -0.3 is 20.9 Å². The smallest absolute Gasteiger partial charge is 0.355 e. The van der Waals surface area contributed by atoms with E-state index in [1.807, 2.05) is 0 Å². The number of ether oxygens (including phenoxy) is 2. The van der Waals surface area contributed by atoms with Crippen molar-refractivity contribution in [2.24, 2.45) is 11.5 Å². The molecule has 188 valence electrons. The lowest BCUT2D eigenvalue weighted by atomic mass is 9.80. The molecule has 0 spiro atoms. The number of nitro groups is 1. The fourth-order valence-electron chi connectivity index (χ4n) is 3.89. The number of non-ortho nitro benzene ring substituents is 1. The topological polar surface area (TPSA) is 168 Å². The Morgan fingerprint density at radius 1 is 1.03 bits per heavy atom. The minimum atomic E-state index is -1.36. The van der Waals surface area contributed by atoms with Crippen molar-refractivity contribution in [2.75, 3.05) is 18.1 Å². The fourth-order valence-corrected chi connectivity index (χ4v) is 4.02. The van der Waals surface area contributed by atoms with Crippen LogP contribution in [0.2, 0.25) is 5.02 Å². The first-order chi connectivity index (χ1) is 17.1. The van der Waals surface area contributed by atoms with E-state index >= 15 is 0 Å². The quantitative estimate of drug-likeness (QED) is 0.305. The molecule has 0 saturated heterocycles. The standard InChI is InChI=1S/C24H23ClN4O7/c1-3-35-23(31)18-17(13-6-5-7-16(12-13)29(33)34)19(22(27)30)21(26)28(20(18)24(32)36-4-2)15-10-8-14(25)9-11-15/h5-12,17H,3-4,26H2,1-2H3,(H2,27,30). The van der Waals surface area contributed by atoms with E-state index in [-0.39, 0.29) is 52.8 Å². The van der Waals surface area contributed by atoms with Crippen LogP contribution >= 0.6 is 11.6 Å². The van der Waals surface area contributed by atoms with Gasteiger partial charge in [-0.2, -0.15) is 0 Å². The summed E-state index contributed by atoms with van der Waals surface area (Å²) in [5.74, 6) is -4.52. The van der Waals surface area contributed by atoms with Crippen molar-refractivity contribution in [3.63, 3.8) is 0 Å². The number of nitro benzene ring substituents is 1. The second-order valence-electron chi connectivity index (χ2n) is 7.46. The van der Waals surface area contributed by atoms with Gasteiger partial charge in [-0.25, -0.2) is 9.59 Å². The summed E-state index contributed by atoms with van der Waals surface area (Å²) < 4.78 is 10.5. The molecule has 4 N–H and O–H groups in total. The van der Waals surface area contributed by atoms with Crippen LogP contribution in [0.4, 0.5) is 11.4 Å². The van der Waals surface area contributed by atoms with Crippen LogP contribution in [-0.4, -0.2) is 36.0 Å². The molecule has 1 heterocycles. The molecule has 1 aliphatic heterocycles. The molecule has 0 aliphatic carbocycles. The third kappa shape index (κ3) is 5.01. The Hall–Kier alpha value is -4.38. The van der Waals surface area contributed by atoms with Gasteiger partial charge in [-0.3, -0.25) is 19.8 Å². The number of amides is 1. The second-order valence-corrected chi connectivity index (χ2v) is 7.90. The average Bonchev–Trinajstić information content (AvgIpc) is 2.84. The summed E-state index contributed by atoms with van der Waals surface area (Å²) in [6.45, 7) is 3.03. The molecule has 0 fully saturated rings. The van der Waals surface area contributed by atoms with Crippen LogP contribution in [0.1, 0.15) is 25.3 Å². The first kappa shape index (κ1) is 26.2. The highest BCUT2D eigenvalue weighted by molar-refractivity contribution is 6.30. The van der Waals surface area contributed by atoms with Crippen molar-refractivity contribution in [1.29, 1.82) is 0 Å². The number of hydrogen-bond donors (Lipinski definition) is 2. The average molecular weight is 515 g/mol. The molecule has 1 aliphatic rings. The first-order valence-electron chi connectivity index (χ1n) is 10.8. The highest BCUT2D eigenvalue weighted by Gasteiger charge is 2.45. The summed E-state index contributed by atoms with van der Waals surface area (Å²) >= 11 is 6.01. The molecule has 36 heavy (non-hydrogen) atoms. The molecule has 0 saturated carbocycles. The van der Waals surface area contributed by atoms with Crippen LogP contribution in [0.15, 0.2) is 71.2 Å². The van der Waals surface area contributed by atoms with E-state index < -0.39 is 28.7 Å². The Morgan fingerprint density at radius 3 is 2.19 bits per heavy atom. The highest BCUT2D eigenvalue weighted by Crippen LogP contribution is 2.44. The predicted molar refractivity (Wildman–Crippen MR) is 130 cm³/mol. The zero-order chi connectivity index (χ0) is 26.6. The summed E-state index contributed by atoms with van der Waals surface area (Å²) in [6.07, 6.45) is 0. The molecule has 1 atom stereocenters. The molecule has 0 aromatic heterocycles. The normalized spacial score (nSPS) is 15.5. The lowest BCUT2D eigenvalue weighted by Crippen LogP contribution is -2.43. The van der Waals surface area contributed by atoms with Crippen LogP contribution in [0, 0.1) is 10.1 Å². The fraction of sp³-hybridized carbons (Fsp3) is 0.208. The maximum atomic E-state index is 13.3. The number of esters is 2. The van der Waals surface area contributed by atoms with Crippen LogP contribution in [0.3, 0.4) is 0 Å². The number of benzene rings is 2. The maximum absolute atomic E-state index is 13.3. The molecule has 1 unspecified atom stereocenters. The molecule has 0 bridgehead atoms. The molecule has 0 radical (unpaired) electrons. The molecule has 2 aromatic carbocycles. The molecular weight excluding hydrogens is 492 g/mol. The molecule has 1 amide bonds. The summed E-state index contributed by atoms with van der Waals surface area (Å²) in [7, 11) is 0. The van der Waals surface area contributed by atoms with Gasteiger partial charge in [0.05, 0.1) is 35.2 Å². The Morgan fingerprint density at radius 2 is 1.64 bits per heavy atom. The van der Waals surface area contributed by atoms with Crippen LogP contribution in [-0.2, 0) is 23.9 Å². The maximum Gasteiger partial charge on any atom is 0.355 e. The minimum absolute atomic E-state index is 0.0410. The zero-order valence-electron chi connectivity index (χ0n) is 19.4.